The fourth-order valence-electron chi connectivity index (χ4n) is 5.04. The summed E-state index contributed by atoms with van der Waals surface area (Å²) in [5, 5.41) is 0. The second-order valence-electron chi connectivity index (χ2n) is 8.69. The van der Waals surface area contributed by atoms with Crippen LogP contribution in [0.5, 0.6) is 11.5 Å². The van der Waals surface area contributed by atoms with E-state index in [4.69, 9.17) is 9.47 Å². The molecule has 0 unspecified atom stereocenters. The van der Waals surface area contributed by atoms with Gasteiger partial charge in [-0.1, -0.05) is 43.3 Å². The number of amides is 1. The Balaban J connectivity index is 1.33. The quantitative estimate of drug-likeness (QED) is 0.696. The largest absolute Gasteiger partial charge is 0.454 e. The number of carbonyl (C=O) groups excluding carboxylic acids is 1. The Morgan fingerprint density at radius 2 is 1.97 bits per heavy atom. The van der Waals surface area contributed by atoms with E-state index >= 15 is 0 Å². The molecule has 0 radical (unpaired) electrons. The number of likely N-dealkylation sites (tertiary alicyclic amines) is 1. The number of hydrogen-bond acceptors (Lipinski definition) is 4. The van der Waals surface area contributed by atoms with Gasteiger partial charge in [0, 0.05) is 25.0 Å². The van der Waals surface area contributed by atoms with Gasteiger partial charge < -0.3 is 14.4 Å². The minimum atomic E-state index is 0.109. The molecule has 2 aromatic rings. The van der Waals surface area contributed by atoms with Crippen molar-refractivity contribution in [3.63, 3.8) is 0 Å². The van der Waals surface area contributed by atoms with Crippen molar-refractivity contribution in [2.24, 2.45) is 5.92 Å². The lowest BCUT2D eigenvalue weighted by Gasteiger charge is -2.31. The number of carbonyl (C=O) groups is 1. The number of benzene rings is 2. The van der Waals surface area contributed by atoms with E-state index in [-0.39, 0.29) is 12.7 Å². The van der Waals surface area contributed by atoms with Gasteiger partial charge in [0.15, 0.2) is 11.5 Å². The van der Waals surface area contributed by atoms with Gasteiger partial charge in [0.25, 0.3) is 0 Å². The number of likely N-dealkylation sites (N-methyl/N-ethyl adjacent to an activating group) is 1. The fraction of sp³-hybridized carbons (Fsp3) is 0.480. The van der Waals surface area contributed by atoms with Gasteiger partial charge in [-0.3, -0.25) is 9.69 Å². The molecule has 0 aromatic heterocycles. The average Bonchev–Trinajstić information content (AvgIpc) is 3.22. The average molecular weight is 407 g/mol. The summed E-state index contributed by atoms with van der Waals surface area (Å²) in [5.41, 5.74) is 2.39. The van der Waals surface area contributed by atoms with Crippen molar-refractivity contribution in [3.05, 3.63) is 59.7 Å². The van der Waals surface area contributed by atoms with Crippen molar-refractivity contribution >= 4 is 5.91 Å². The van der Waals surface area contributed by atoms with Crippen molar-refractivity contribution in [3.8, 4) is 11.5 Å². The van der Waals surface area contributed by atoms with E-state index in [0.29, 0.717) is 24.4 Å². The van der Waals surface area contributed by atoms with Gasteiger partial charge >= 0.3 is 0 Å². The summed E-state index contributed by atoms with van der Waals surface area (Å²) < 4.78 is 11.0. The highest BCUT2D eigenvalue weighted by atomic mass is 16.7. The molecule has 0 spiro atoms. The molecule has 1 saturated heterocycles. The van der Waals surface area contributed by atoms with Crippen LogP contribution in [-0.4, -0.2) is 48.2 Å². The lowest BCUT2D eigenvalue weighted by molar-refractivity contribution is -0.134. The lowest BCUT2D eigenvalue weighted by atomic mass is 10.1. The van der Waals surface area contributed by atoms with Crippen LogP contribution in [0.1, 0.15) is 43.2 Å². The Kier molecular flexibility index (Phi) is 5.38. The summed E-state index contributed by atoms with van der Waals surface area (Å²) in [4.78, 5) is 18.2. The smallest absolute Gasteiger partial charge is 0.231 e. The number of rotatable bonds is 7. The van der Waals surface area contributed by atoms with Crippen LogP contribution in [0.3, 0.4) is 0 Å². The maximum atomic E-state index is 13.6. The second kappa shape index (κ2) is 8.31. The SMILES string of the molecule is CCN1CCC[C@H]1CN(Cc1ccc2c(c1)OCO2)C(=O)[C@@H]1C[C@H]1c1ccccc1. The van der Waals surface area contributed by atoms with E-state index in [1.165, 1.54) is 18.4 Å². The molecule has 2 fully saturated rings. The molecular weight excluding hydrogens is 376 g/mol. The third-order valence-electron chi connectivity index (χ3n) is 6.79. The van der Waals surface area contributed by atoms with Crippen molar-refractivity contribution in [2.75, 3.05) is 26.4 Å². The monoisotopic (exact) mass is 406 g/mol. The van der Waals surface area contributed by atoms with Crippen LogP contribution in [0.2, 0.25) is 0 Å². The highest BCUT2D eigenvalue weighted by molar-refractivity contribution is 5.83. The van der Waals surface area contributed by atoms with Crippen molar-refractivity contribution in [1.82, 2.24) is 9.80 Å². The van der Waals surface area contributed by atoms with Gasteiger partial charge in [0.2, 0.25) is 12.7 Å². The van der Waals surface area contributed by atoms with Gasteiger partial charge in [-0.2, -0.15) is 0 Å². The molecule has 1 amide bonds. The van der Waals surface area contributed by atoms with Crippen LogP contribution >= 0.6 is 0 Å². The van der Waals surface area contributed by atoms with Gasteiger partial charge in [-0.15, -0.1) is 0 Å². The van der Waals surface area contributed by atoms with Gasteiger partial charge in [0.1, 0.15) is 0 Å². The summed E-state index contributed by atoms with van der Waals surface area (Å²) in [6, 6.07) is 17.0. The molecule has 1 aliphatic carbocycles. The molecule has 5 nitrogen and oxygen atoms in total. The highest BCUT2D eigenvalue weighted by Crippen LogP contribution is 2.48. The molecule has 2 aliphatic heterocycles. The summed E-state index contributed by atoms with van der Waals surface area (Å²) in [7, 11) is 0. The summed E-state index contributed by atoms with van der Waals surface area (Å²) >= 11 is 0. The van der Waals surface area contributed by atoms with Crippen molar-refractivity contribution in [1.29, 1.82) is 0 Å². The molecule has 2 heterocycles. The second-order valence-corrected chi connectivity index (χ2v) is 8.69. The lowest BCUT2D eigenvalue weighted by Crippen LogP contribution is -2.43. The Bertz CT molecular complexity index is 901. The first-order valence-electron chi connectivity index (χ1n) is 11.2. The van der Waals surface area contributed by atoms with E-state index in [0.717, 1.165) is 43.1 Å². The molecule has 30 heavy (non-hydrogen) atoms. The van der Waals surface area contributed by atoms with Crippen LogP contribution in [0.15, 0.2) is 48.5 Å². The molecular formula is C25H30N2O3. The number of nitrogens with zero attached hydrogens (tertiary/aromatic N) is 2. The molecule has 0 bridgehead atoms. The van der Waals surface area contributed by atoms with Crippen LogP contribution in [0.4, 0.5) is 0 Å². The predicted molar refractivity (Wildman–Crippen MR) is 116 cm³/mol. The summed E-state index contributed by atoms with van der Waals surface area (Å²) in [5.74, 6) is 2.34. The summed E-state index contributed by atoms with van der Waals surface area (Å²) in [6.45, 7) is 6.11. The zero-order valence-electron chi connectivity index (χ0n) is 17.6. The normalized spacial score (nSPS) is 24.8. The Morgan fingerprint density at radius 3 is 2.80 bits per heavy atom. The van der Waals surface area contributed by atoms with Crippen molar-refractivity contribution < 1.29 is 14.3 Å². The number of fused-ring (bicyclic) bond motifs is 1. The first-order chi connectivity index (χ1) is 14.7. The van der Waals surface area contributed by atoms with Gasteiger partial charge in [-0.05, 0) is 61.5 Å². The molecule has 5 heteroatoms. The molecule has 2 aromatic carbocycles. The van der Waals surface area contributed by atoms with Crippen molar-refractivity contribution in [2.45, 2.75) is 44.7 Å². The topological polar surface area (TPSA) is 42.0 Å². The molecule has 1 saturated carbocycles. The number of ether oxygens (including phenoxy) is 2. The zero-order chi connectivity index (χ0) is 20.5. The fourth-order valence-corrected chi connectivity index (χ4v) is 5.04. The maximum Gasteiger partial charge on any atom is 0.231 e. The van der Waals surface area contributed by atoms with E-state index in [9.17, 15) is 4.79 Å². The van der Waals surface area contributed by atoms with E-state index < -0.39 is 0 Å². The van der Waals surface area contributed by atoms with Gasteiger partial charge in [-0.25, -0.2) is 0 Å². The molecule has 5 rings (SSSR count). The molecule has 158 valence electrons. The maximum absolute atomic E-state index is 13.6. The van der Waals surface area contributed by atoms with Crippen LogP contribution in [0, 0.1) is 5.92 Å². The van der Waals surface area contributed by atoms with E-state index in [2.05, 4.69) is 47.1 Å². The minimum absolute atomic E-state index is 0.109. The molecule has 3 aliphatic rings. The van der Waals surface area contributed by atoms with E-state index in [1.54, 1.807) is 0 Å². The van der Waals surface area contributed by atoms with Gasteiger partial charge in [0.05, 0.1) is 0 Å². The highest BCUT2D eigenvalue weighted by Gasteiger charge is 2.46. The Hall–Kier alpha value is -2.53. The Labute approximate surface area is 178 Å². The third-order valence-corrected chi connectivity index (χ3v) is 6.79. The summed E-state index contributed by atoms with van der Waals surface area (Å²) in [6.07, 6.45) is 3.36. The number of hydrogen-bond donors (Lipinski definition) is 0. The standard InChI is InChI=1S/C25H30N2O3/c1-2-26-12-6-9-20(26)16-27(15-18-10-11-23-24(13-18)30-17-29-23)25(28)22-14-21(22)19-7-4-3-5-8-19/h3-5,7-8,10-11,13,20-22H,2,6,9,12,14-17H2,1H3/t20-,21-,22+/m0/s1. The molecule has 3 atom stereocenters. The van der Waals surface area contributed by atoms with E-state index in [1.807, 2.05) is 18.2 Å². The van der Waals surface area contributed by atoms with Crippen LogP contribution < -0.4 is 9.47 Å². The van der Waals surface area contributed by atoms with Crippen LogP contribution in [0.25, 0.3) is 0 Å². The predicted octanol–water partition coefficient (Wildman–Crippen LogP) is 4.03. The first kappa shape index (κ1) is 19.4. The minimum Gasteiger partial charge on any atom is -0.454 e. The van der Waals surface area contributed by atoms with Crippen LogP contribution in [-0.2, 0) is 11.3 Å². The molecule has 0 N–H and O–H groups in total. The third kappa shape index (κ3) is 3.91. The Morgan fingerprint density at radius 1 is 1.13 bits per heavy atom. The zero-order valence-corrected chi connectivity index (χ0v) is 17.6. The first-order valence-corrected chi connectivity index (χ1v) is 11.2.